The van der Waals surface area contributed by atoms with Crippen LogP contribution >= 0.6 is 11.3 Å². The summed E-state index contributed by atoms with van der Waals surface area (Å²) < 4.78 is 27.3. The summed E-state index contributed by atoms with van der Waals surface area (Å²) in [6, 6.07) is 5.04. The van der Waals surface area contributed by atoms with Gasteiger partial charge in [-0.25, -0.2) is 18.4 Å². The lowest BCUT2D eigenvalue weighted by Gasteiger charge is -2.22. The van der Waals surface area contributed by atoms with E-state index in [1.165, 1.54) is 11.3 Å². The Bertz CT molecular complexity index is 698. The molecule has 2 aromatic rings. The van der Waals surface area contributed by atoms with Crippen molar-refractivity contribution in [3.63, 3.8) is 0 Å². The number of aryl methyl sites for hydroxylation is 1. The van der Waals surface area contributed by atoms with E-state index in [1.54, 1.807) is 34.1 Å². The SMILES string of the molecule is Cc1nccc([C@H]2CCCN2S(=O)(=O)c2cccs2)n1. The lowest BCUT2D eigenvalue weighted by molar-refractivity contribution is 0.390. The van der Waals surface area contributed by atoms with E-state index in [4.69, 9.17) is 0 Å². The fourth-order valence-corrected chi connectivity index (χ4v) is 5.30. The lowest BCUT2D eigenvalue weighted by atomic mass is 10.1. The first-order valence-corrected chi connectivity index (χ1v) is 8.76. The molecule has 7 heteroatoms. The van der Waals surface area contributed by atoms with Gasteiger partial charge in [0.25, 0.3) is 10.0 Å². The summed E-state index contributed by atoms with van der Waals surface area (Å²) in [6.45, 7) is 2.37. The Balaban J connectivity index is 1.98. The molecule has 0 N–H and O–H groups in total. The van der Waals surface area contributed by atoms with Crippen LogP contribution in [0.3, 0.4) is 0 Å². The van der Waals surface area contributed by atoms with Gasteiger partial charge in [0.15, 0.2) is 0 Å². The Hall–Kier alpha value is -1.31. The minimum atomic E-state index is -3.41. The predicted octanol–water partition coefficient (Wildman–Crippen LogP) is 2.37. The van der Waals surface area contributed by atoms with Crippen molar-refractivity contribution in [2.45, 2.75) is 30.0 Å². The third-order valence-electron chi connectivity index (χ3n) is 3.40. The van der Waals surface area contributed by atoms with Gasteiger partial charge < -0.3 is 0 Å². The van der Waals surface area contributed by atoms with Crippen molar-refractivity contribution < 1.29 is 8.42 Å². The Labute approximate surface area is 122 Å². The van der Waals surface area contributed by atoms with Gasteiger partial charge in [-0.1, -0.05) is 6.07 Å². The summed E-state index contributed by atoms with van der Waals surface area (Å²) in [6.07, 6.45) is 3.35. The largest absolute Gasteiger partial charge is 0.253 e. The number of aromatic nitrogens is 2. The highest BCUT2D eigenvalue weighted by molar-refractivity contribution is 7.91. The Kier molecular flexibility index (Phi) is 3.57. The van der Waals surface area contributed by atoms with Crippen molar-refractivity contribution in [2.75, 3.05) is 6.54 Å². The van der Waals surface area contributed by atoms with Gasteiger partial charge >= 0.3 is 0 Å². The van der Waals surface area contributed by atoms with Crippen molar-refractivity contribution in [3.8, 4) is 0 Å². The molecule has 1 fully saturated rings. The standard InChI is InChI=1S/C13H15N3O2S2/c1-10-14-7-6-11(15-10)12-4-2-8-16(12)20(17,18)13-5-3-9-19-13/h3,5-7,9,12H,2,4,8H2,1H3/t12-/m1/s1. The molecule has 1 aliphatic heterocycles. The van der Waals surface area contributed by atoms with Crippen molar-refractivity contribution in [1.82, 2.24) is 14.3 Å². The van der Waals surface area contributed by atoms with Crippen LogP contribution < -0.4 is 0 Å². The molecular weight excluding hydrogens is 294 g/mol. The molecule has 0 amide bonds. The molecule has 3 heterocycles. The van der Waals surface area contributed by atoms with Crippen LogP contribution in [-0.4, -0.2) is 29.2 Å². The number of nitrogens with zero attached hydrogens (tertiary/aromatic N) is 3. The summed E-state index contributed by atoms with van der Waals surface area (Å²) in [5.74, 6) is 0.669. The molecule has 0 unspecified atom stereocenters. The smallest absolute Gasteiger partial charge is 0.242 e. The average Bonchev–Trinajstić information content (AvgIpc) is 3.11. The average molecular weight is 309 g/mol. The molecule has 1 saturated heterocycles. The van der Waals surface area contributed by atoms with Crippen LogP contribution in [0.2, 0.25) is 0 Å². The van der Waals surface area contributed by atoms with Gasteiger partial charge in [0.2, 0.25) is 0 Å². The van der Waals surface area contributed by atoms with Crippen LogP contribution in [-0.2, 0) is 10.0 Å². The number of hydrogen-bond acceptors (Lipinski definition) is 5. The Morgan fingerprint density at radius 2 is 2.25 bits per heavy atom. The van der Waals surface area contributed by atoms with E-state index in [-0.39, 0.29) is 6.04 Å². The lowest BCUT2D eigenvalue weighted by Crippen LogP contribution is -2.30. The first kappa shape index (κ1) is 13.7. The van der Waals surface area contributed by atoms with Gasteiger partial charge in [-0.2, -0.15) is 4.31 Å². The second kappa shape index (κ2) is 5.23. The third-order valence-corrected chi connectivity index (χ3v) is 6.68. The predicted molar refractivity (Wildman–Crippen MR) is 77.0 cm³/mol. The number of rotatable bonds is 3. The molecule has 0 bridgehead atoms. The van der Waals surface area contributed by atoms with E-state index < -0.39 is 10.0 Å². The van der Waals surface area contributed by atoms with E-state index in [0.717, 1.165) is 18.5 Å². The summed E-state index contributed by atoms with van der Waals surface area (Å²) in [5.41, 5.74) is 0.787. The van der Waals surface area contributed by atoms with Crippen LogP contribution in [0.4, 0.5) is 0 Å². The Morgan fingerprint density at radius 3 is 2.95 bits per heavy atom. The van der Waals surface area contributed by atoms with Gasteiger partial charge in [0.05, 0.1) is 11.7 Å². The van der Waals surface area contributed by atoms with Crippen LogP contribution in [0.5, 0.6) is 0 Å². The normalized spacial score (nSPS) is 20.4. The summed E-state index contributed by atoms with van der Waals surface area (Å²) in [4.78, 5) is 8.46. The fraction of sp³-hybridized carbons (Fsp3) is 0.385. The maximum atomic E-state index is 12.7. The zero-order valence-corrected chi connectivity index (χ0v) is 12.7. The van der Waals surface area contributed by atoms with Crippen molar-refractivity contribution in [1.29, 1.82) is 0 Å². The van der Waals surface area contributed by atoms with E-state index >= 15 is 0 Å². The van der Waals surface area contributed by atoms with Gasteiger partial charge in [0, 0.05) is 12.7 Å². The monoisotopic (exact) mass is 309 g/mol. The summed E-state index contributed by atoms with van der Waals surface area (Å²) in [7, 11) is -3.41. The zero-order valence-electron chi connectivity index (χ0n) is 11.1. The van der Waals surface area contributed by atoms with Crippen LogP contribution in [0.25, 0.3) is 0 Å². The molecule has 0 aromatic carbocycles. The molecule has 1 atom stereocenters. The molecule has 3 rings (SSSR count). The molecule has 5 nitrogen and oxygen atoms in total. The van der Waals surface area contributed by atoms with Crippen molar-refractivity contribution in [3.05, 3.63) is 41.3 Å². The van der Waals surface area contributed by atoms with Gasteiger partial charge in [-0.15, -0.1) is 11.3 Å². The van der Waals surface area contributed by atoms with E-state index in [0.29, 0.717) is 16.6 Å². The highest BCUT2D eigenvalue weighted by Gasteiger charge is 2.37. The molecular formula is C13H15N3O2S2. The van der Waals surface area contributed by atoms with Crippen LogP contribution in [0, 0.1) is 6.92 Å². The topological polar surface area (TPSA) is 63.2 Å². The van der Waals surface area contributed by atoms with Crippen molar-refractivity contribution in [2.24, 2.45) is 0 Å². The first-order chi connectivity index (χ1) is 9.59. The second-order valence-electron chi connectivity index (χ2n) is 4.73. The molecule has 106 valence electrons. The molecule has 1 aliphatic rings. The number of hydrogen-bond donors (Lipinski definition) is 0. The van der Waals surface area contributed by atoms with Gasteiger partial charge in [-0.3, -0.25) is 0 Å². The van der Waals surface area contributed by atoms with Gasteiger partial charge in [0.1, 0.15) is 10.0 Å². The molecule has 0 saturated carbocycles. The highest BCUT2D eigenvalue weighted by Crippen LogP contribution is 2.36. The van der Waals surface area contributed by atoms with Crippen molar-refractivity contribution >= 4 is 21.4 Å². The summed E-state index contributed by atoms with van der Waals surface area (Å²) >= 11 is 1.25. The van der Waals surface area contributed by atoms with E-state index in [1.807, 2.05) is 6.92 Å². The molecule has 0 aliphatic carbocycles. The van der Waals surface area contributed by atoms with Crippen LogP contribution in [0.15, 0.2) is 34.0 Å². The quantitative estimate of drug-likeness (QED) is 0.873. The minimum absolute atomic E-state index is 0.177. The molecule has 0 radical (unpaired) electrons. The number of sulfonamides is 1. The first-order valence-electron chi connectivity index (χ1n) is 6.44. The zero-order chi connectivity index (χ0) is 14.2. The maximum absolute atomic E-state index is 12.7. The number of thiophene rings is 1. The minimum Gasteiger partial charge on any atom is -0.242 e. The van der Waals surface area contributed by atoms with E-state index in [9.17, 15) is 8.42 Å². The van der Waals surface area contributed by atoms with Gasteiger partial charge in [-0.05, 0) is 37.3 Å². The fourth-order valence-electron chi connectivity index (χ4n) is 2.51. The summed E-state index contributed by atoms with van der Waals surface area (Å²) in [5, 5.41) is 1.78. The molecule has 2 aromatic heterocycles. The van der Waals surface area contributed by atoms with E-state index in [2.05, 4.69) is 9.97 Å². The highest BCUT2D eigenvalue weighted by atomic mass is 32.2. The maximum Gasteiger partial charge on any atom is 0.253 e. The second-order valence-corrected chi connectivity index (χ2v) is 7.80. The third kappa shape index (κ3) is 2.36. The Morgan fingerprint density at radius 1 is 1.40 bits per heavy atom. The molecule has 0 spiro atoms. The molecule has 20 heavy (non-hydrogen) atoms. The van der Waals surface area contributed by atoms with Crippen LogP contribution in [0.1, 0.15) is 30.4 Å².